The third kappa shape index (κ3) is 1.79. The van der Waals surface area contributed by atoms with Gasteiger partial charge in [0.1, 0.15) is 0 Å². The highest BCUT2D eigenvalue weighted by Crippen LogP contribution is 2.24. The van der Waals surface area contributed by atoms with E-state index in [9.17, 15) is 0 Å². The second-order valence-electron chi connectivity index (χ2n) is 4.47. The van der Waals surface area contributed by atoms with Crippen molar-refractivity contribution in [1.82, 2.24) is 9.97 Å². The van der Waals surface area contributed by atoms with Gasteiger partial charge in [-0.25, -0.2) is 0 Å². The summed E-state index contributed by atoms with van der Waals surface area (Å²) < 4.78 is 0. The number of nitrogens with zero attached hydrogens (tertiary/aromatic N) is 1. The normalized spacial score (nSPS) is 11.0. The number of rotatable bonds is 2. The van der Waals surface area contributed by atoms with Gasteiger partial charge in [0.05, 0.1) is 11.4 Å². The Morgan fingerprint density at radius 3 is 2.78 bits per heavy atom. The number of aromatic amines is 1. The zero-order valence-corrected chi connectivity index (χ0v) is 10.3. The highest BCUT2D eigenvalue weighted by Gasteiger charge is 2.05. The van der Waals surface area contributed by atoms with E-state index >= 15 is 0 Å². The first-order valence-corrected chi connectivity index (χ1v) is 6.01. The molecular weight excluding hydrogens is 222 g/mol. The molecule has 0 atom stereocenters. The van der Waals surface area contributed by atoms with Crippen molar-refractivity contribution in [3.05, 3.63) is 53.7 Å². The summed E-state index contributed by atoms with van der Waals surface area (Å²) in [6, 6.07) is 12.4. The van der Waals surface area contributed by atoms with Gasteiger partial charge in [-0.15, -0.1) is 0 Å². The number of pyridine rings is 1. The van der Waals surface area contributed by atoms with Crippen LogP contribution >= 0.6 is 0 Å². The fourth-order valence-corrected chi connectivity index (χ4v) is 2.15. The molecule has 0 aliphatic heterocycles. The Morgan fingerprint density at radius 2 is 2.11 bits per heavy atom. The fraction of sp³-hybridized carbons (Fsp3) is 0.133. The first-order chi connectivity index (χ1) is 8.78. The number of fused-ring (bicyclic) bond motifs is 1. The van der Waals surface area contributed by atoms with E-state index < -0.39 is 0 Å². The summed E-state index contributed by atoms with van der Waals surface area (Å²) in [6.07, 6.45) is 1.83. The van der Waals surface area contributed by atoms with E-state index in [1.165, 1.54) is 10.9 Å². The van der Waals surface area contributed by atoms with Gasteiger partial charge in [-0.3, -0.25) is 4.98 Å². The second kappa shape index (κ2) is 4.27. The first-order valence-electron chi connectivity index (χ1n) is 6.01. The van der Waals surface area contributed by atoms with E-state index in [-0.39, 0.29) is 0 Å². The molecule has 3 aromatic rings. The third-order valence-electron chi connectivity index (χ3n) is 3.22. The number of nitrogens with one attached hydrogen (secondary N) is 1. The number of benzene rings is 1. The van der Waals surface area contributed by atoms with Gasteiger partial charge in [0.15, 0.2) is 0 Å². The van der Waals surface area contributed by atoms with Crippen LogP contribution in [0.3, 0.4) is 0 Å². The van der Waals surface area contributed by atoms with Crippen molar-refractivity contribution in [3.8, 4) is 11.4 Å². The molecule has 0 aliphatic carbocycles. The van der Waals surface area contributed by atoms with E-state index in [4.69, 9.17) is 5.73 Å². The second-order valence-corrected chi connectivity index (χ2v) is 4.47. The van der Waals surface area contributed by atoms with E-state index in [0.717, 1.165) is 22.5 Å². The van der Waals surface area contributed by atoms with E-state index in [1.807, 2.05) is 18.3 Å². The molecule has 3 rings (SSSR count). The molecule has 3 nitrogen and oxygen atoms in total. The van der Waals surface area contributed by atoms with Crippen LogP contribution in [0, 0.1) is 6.92 Å². The molecule has 0 fully saturated rings. The maximum Gasteiger partial charge on any atom is 0.0864 e. The minimum atomic E-state index is 0.527. The van der Waals surface area contributed by atoms with Gasteiger partial charge in [0.25, 0.3) is 0 Å². The highest BCUT2D eigenvalue weighted by molar-refractivity contribution is 5.87. The van der Waals surface area contributed by atoms with Gasteiger partial charge >= 0.3 is 0 Å². The Morgan fingerprint density at radius 1 is 1.22 bits per heavy atom. The fourth-order valence-electron chi connectivity index (χ4n) is 2.15. The molecule has 0 bridgehead atoms. The van der Waals surface area contributed by atoms with Gasteiger partial charge in [0, 0.05) is 23.6 Å². The van der Waals surface area contributed by atoms with Crippen molar-refractivity contribution in [1.29, 1.82) is 0 Å². The maximum atomic E-state index is 5.57. The zero-order valence-electron chi connectivity index (χ0n) is 10.3. The molecule has 0 amide bonds. The van der Waals surface area contributed by atoms with Crippen LogP contribution in [0.4, 0.5) is 0 Å². The molecule has 2 aromatic heterocycles. The molecule has 0 unspecified atom stereocenters. The van der Waals surface area contributed by atoms with Crippen molar-refractivity contribution < 1.29 is 0 Å². The summed E-state index contributed by atoms with van der Waals surface area (Å²) in [5.41, 5.74) is 11.0. The average molecular weight is 237 g/mol. The summed E-state index contributed by atoms with van der Waals surface area (Å²) in [4.78, 5) is 7.83. The summed E-state index contributed by atoms with van der Waals surface area (Å²) in [7, 11) is 0. The minimum Gasteiger partial charge on any atom is -0.353 e. The largest absolute Gasteiger partial charge is 0.353 e. The van der Waals surface area contributed by atoms with Gasteiger partial charge in [-0.2, -0.15) is 0 Å². The van der Waals surface area contributed by atoms with Crippen LogP contribution in [0.2, 0.25) is 0 Å². The Balaban J connectivity index is 2.10. The average Bonchev–Trinajstić information content (AvgIpc) is 2.84. The SMILES string of the molecule is Cc1cccc2[nH]c(-c3ccc(CN)cn3)cc12. The van der Waals surface area contributed by atoms with Crippen LogP contribution in [0.25, 0.3) is 22.3 Å². The lowest BCUT2D eigenvalue weighted by molar-refractivity contribution is 1.05. The predicted molar refractivity (Wildman–Crippen MR) is 74.2 cm³/mol. The van der Waals surface area contributed by atoms with Crippen LogP contribution in [0.5, 0.6) is 0 Å². The molecule has 2 heterocycles. The number of aryl methyl sites for hydroxylation is 1. The lowest BCUT2D eigenvalue weighted by Gasteiger charge is -1.98. The van der Waals surface area contributed by atoms with Gasteiger partial charge in [-0.05, 0) is 36.2 Å². The molecule has 0 saturated carbocycles. The minimum absolute atomic E-state index is 0.527. The topological polar surface area (TPSA) is 54.7 Å². The lowest BCUT2D eigenvalue weighted by atomic mass is 10.1. The lowest BCUT2D eigenvalue weighted by Crippen LogP contribution is -1.96. The van der Waals surface area contributed by atoms with Crippen molar-refractivity contribution >= 4 is 10.9 Å². The Labute approximate surface area is 106 Å². The third-order valence-corrected chi connectivity index (χ3v) is 3.22. The Hall–Kier alpha value is -2.13. The number of H-pyrrole nitrogens is 1. The smallest absolute Gasteiger partial charge is 0.0864 e. The van der Waals surface area contributed by atoms with Crippen LogP contribution in [-0.2, 0) is 6.54 Å². The monoisotopic (exact) mass is 237 g/mol. The van der Waals surface area contributed by atoms with Crippen LogP contribution in [0.1, 0.15) is 11.1 Å². The summed E-state index contributed by atoms with van der Waals surface area (Å²) in [6.45, 7) is 2.64. The number of aromatic nitrogens is 2. The van der Waals surface area contributed by atoms with Crippen molar-refractivity contribution in [2.45, 2.75) is 13.5 Å². The molecule has 0 aliphatic rings. The molecule has 1 aromatic carbocycles. The first kappa shape index (κ1) is 11.0. The Kier molecular flexibility index (Phi) is 2.61. The summed E-state index contributed by atoms with van der Waals surface area (Å²) in [5, 5.41) is 1.25. The van der Waals surface area contributed by atoms with Crippen molar-refractivity contribution in [2.75, 3.05) is 0 Å². The maximum absolute atomic E-state index is 5.57. The predicted octanol–water partition coefficient (Wildman–Crippen LogP) is 3.00. The van der Waals surface area contributed by atoms with E-state index in [1.54, 1.807) is 0 Å². The Bertz CT molecular complexity index is 681. The van der Waals surface area contributed by atoms with Crippen molar-refractivity contribution in [3.63, 3.8) is 0 Å². The molecular formula is C15H15N3. The van der Waals surface area contributed by atoms with Crippen LogP contribution < -0.4 is 5.73 Å². The quantitative estimate of drug-likeness (QED) is 0.720. The summed E-state index contributed by atoms with van der Waals surface area (Å²) >= 11 is 0. The molecule has 0 spiro atoms. The van der Waals surface area contributed by atoms with Gasteiger partial charge in [-0.1, -0.05) is 18.2 Å². The van der Waals surface area contributed by atoms with Crippen LogP contribution in [-0.4, -0.2) is 9.97 Å². The molecule has 3 N–H and O–H groups in total. The molecule has 3 heteroatoms. The van der Waals surface area contributed by atoms with Crippen molar-refractivity contribution in [2.24, 2.45) is 5.73 Å². The van der Waals surface area contributed by atoms with E-state index in [2.05, 4.69) is 41.2 Å². The van der Waals surface area contributed by atoms with Gasteiger partial charge in [0.2, 0.25) is 0 Å². The zero-order chi connectivity index (χ0) is 12.5. The van der Waals surface area contributed by atoms with Crippen LogP contribution in [0.15, 0.2) is 42.6 Å². The number of nitrogens with two attached hydrogens (primary N) is 1. The van der Waals surface area contributed by atoms with E-state index in [0.29, 0.717) is 6.54 Å². The summed E-state index contributed by atoms with van der Waals surface area (Å²) in [5.74, 6) is 0. The molecule has 90 valence electrons. The molecule has 0 saturated heterocycles. The molecule has 18 heavy (non-hydrogen) atoms. The highest BCUT2D eigenvalue weighted by atomic mass is 14.8. The van der Waals surface area contributed by atoms with Gasteiger partial charge < -0.3 is 10.7 Å². The standard InChI is InChI=1S/C15H15N3/c1-10-3-2-4-13-12(10)7-15(18-13)14-6-5-11(8-16)9-17-14/h2-7,9,18H,8,16H2,1H3. The number of hydrogen-bond acceptors (Lipinski definition) is 2. The molecule has 0 radical (unpaired) electrons. The number of hydrogen-bond donors (Lipinski definition) is 2.